The normalized spacial score (nSPS) is 30.4. The first kappa shape index (κ1) is 16.2. The Morgan fingerprint density at radius 1 is 1.24 bits per heavy atom. The van der Waals surface area contributed by atoms with Crippen LogP contribution in [0, 0.1) is 5.92 Å². The summed E-state index contributed by atoms with van der Waals surface area (Å²) in [6, 6.07) is -0.801. The first-order chi connectivity index (χ1) is 9.89. The smallest absolute Gasteiger partial charge is 0.324 e. The Bertz CT molecular complexity index is 517. The molecule has 1 aliphatic carbocycles. The summed E-state index contributed by atoms with van der Waals surface area (Å²) in [6.45, 7) is 2.13. The molecule has 0 aromatic heterocycles. The van der Waals surface area contributed by atoms with Gasteiger partial charge in [0.05, 0.1) is 17.8 Å². The summed E-state index contributed by atoms with van der Waals surface area (Å²) in [5.74, 6) is -2.49. The third kappa shape index (κ3) is 3.06. The van der Waals surface area contributed by atoms with Gasteiger partial charge >= 0.3 is 11.9 Å². The number of carboxylic acid groups (broad SMARTS) is 1. The second kappa shape index (κ2) is 6.31. The van der Waals surface area contributed by atoms with Gasteiger partial charge in [-0.25, -0.2) is 8.42 Å². The van der Waals surface area contributed by atoms with E-state index >= 15 is 0 Å². The molecule has 2 rings (SSSR count). The molecule has 0 radical (unpaired) electrons. The fraction of sp³-hybridized carbons (Fsp3) is 0.846. The quantitative estimate of drug-likeness (QED) is 0.745. The SMILES string of the molecule is CCOC(=O)C1CCCN1S(=O)(=O)C1CCCC1C(=O)O. The summed E-state index contributed by atoms with van der Waals surface area (Å²) in [5, 5.41) is 8.25. The highest BCUT2D eigenvalue weighted by molar-refractivity contribution is 7.89. The topological polar surface area (TPSA) is 101 Å². The van der Waals surface area contributed by atoms with Gasteiger partial charge in [0.2, 0.25) is 10.0 Å². The molecule has 0 amide bonds. The number of carbonyl (C=O) groups excluding carboxylic acids is 1. The van der Waals surface area contributed by atoms with Crippen LogP contribution < -0.4 is 0 Å². The summed E-state index contributed by atoms with van der Waals surface area (Å²) < 4.78 is 31.5. The first-order valence-electron chi connectivity index (χ1n) is 7.29. The average Bonchev–Trinajstić information content (AvgIpc) is 3.08. The molecule has 2 fully saturated rings. The van der Waals surface area contributed by atoms with Gasteiger partial charge in [-0.15, -0.1) is 0 Å². The molecular weight excluding hydrogens is 298 g/mol. The zero-order valence-corrected chi connectivity index (χ0v) is 12.8. The molecule has 21 heavy (non-hydrogen) atoms. The Labute approximate surface area is 124 Å². The van der Waals surface area contributed by atoms with Gasteiger partial charge in [-0.05, 0) is 32.6 Å². The third-order valence-electron chi connectivity index (χ3n) is 4.24. The van der Waals surface area contributed by atoms with Crippen molar-refractivity contribution in [1.29, 1.82) is 0 Å². The zero-order valence-electron chi connectivity index (χ0n) is 12.0. The Balaban J connectivity index is 2.22. The van der Waals surface area contributed by atoms with Gasteiger partial charge in [0, 0.05) is 6.54 Å². The molecule has 0 aromatic carbocycles. The maximum Gasteiger partial charge on any atom is 0.324 e. The Morgan fingerprint density at radius 2 is 1.95 bits per heavy atom. The summed E-state index contributed by atoms with van der Waals surface area (Å²) >= 11 is 0. The van der Waals surface area contributed by atoms with Crippen molar-refractivity contribution in [2.75, 3.05) is 13.2 Å². The van der Waals surface area contributed by atoms with Gasteiger partial charge in [0.1, 0.15) is 6.04 Å². The van der Waals surface area contributed by atoms with E-state index in [-0.39, 0.29) is 13.2 Å². The van der Waals surface area contributed by atoms with E-state index in [0.29, 0.717) is 32.1 Å². The van der Waals surface area contributed by atoms with E-state index in [4.69, 9.17) is 4.74 Å². The minimum absolute atomic E-state index is 0.199. The molecule has 1 saturated carbocycles. The van der Waals surface area contributed by atoms with Crippen LogP contribution in [0.1, 0.15) is 39.0 Å². The number of rotatable bonds is 5. The fourth-order valence-corrected chi connectivity index (χ4v) is 5.67. The lowest BCUT2D eigenvalue weighted by Crippen LogP contribution is -2.47. The number of ether oxygens (including phenoxy) is 1. The average molecular weight is 319 g/mol. The van der Waals surface area contributed by atoms with Gasteiger partial charge in [-0.2, -0.15) is 4.31 Å². The van der Waals surface area contributed by atoms with E-state index in [0.717, 1.165) is 4.31 Å². The van der Waals surface area contributed by atoms with Crippen molar-refractivity contribution in [2.24, 2.45) is 5.92 Å². The highest BCUT2D eigenvalue weighted by atomic mass is 32.2. The van der Waals surface area contributed by atoms with E-state index in [2.05, 4.69) is 0 Å². The minimum atomic E-state index is -3.79. The van der Waals surface area contributed by atoms with Crippen LogP contribution in [0.2, 0.25) is 0 Å². The van der Waals surface area contributed by atoms with Crippen LogP contribution in [0.4, 0.5) is 0 Å². The van der Waals surface area contributed by atoms with Crippen LogP contribution in [0.5, 0.6) is 0 Å². The standard InChI is InChI=1S/C13H21NO6S/c1-2-20-13(17)10-6-4-8-14(10)21(18,19)11-7-3-5-9(11)12(15)16/h9-11H,2-8H2,1H3,(H,15,16). The zero-order chi connectivity index (χ0) is 15.6. The van der Waals surface area contributed by atoms with Crippen LogP contribution in [-0.2, 0) is 24.3 Å². The molecule has 1 heterocycles. The van der Waals surface area contributed by atoms with Crippen molar-refractivity contribution in [3.63, 3.8) is 0 Å². The van der Waals surface area contributed by atoms with E-state index in [9.17, 15) is 23.1 Å². The predicted molar refractivity (Wildman–Crippen MR) is 74.0 cm³/mol. The largest absolute Gasteiger partial charge is 0.481 e. The summed E-state index contributed by atoms with van der Waals surface area (Å²) in [4.78, 5) is 23.1. The van der Waals surface area contributed by atoms with Crippen molar-refractivity contribution >= 4 is 22.0 Å². The van der Waals surface area contributed by atoms with E-state index in [1.54, 1.807) is 6.92 Å². The van der Waals surface area contributed by atoms with Crippen LogP contribution in [0.3, 0.4) is 0 Å². The molecule has 2 aliphatic rings. The van der Waals surface area contributed by atoms with Crippen molar-refractivity contribution < 1.29 is 27.9 Å². The molecule has 0 spiro atoms. The van der Waals surface area contributed by atoms with Crippen molar-refractivity contribution in [2.45, 2.75) is 50.3 Å². The highest BCUT2D eigenvalue weighted by Crippen LogP contribution is 2.36. The Morgan fingerprint density at radius 3 is 2.57 bits per heavy atom. The number of nitrogens with zero attached hydrogens (tertiary/aromatic N) is 1. The van der Waals surface area contributed by atoms with Gasteiger partial charge < -0.3 is 9.84 Å². The van der Waals surface area contributed by atoms with Crippen LogP contribution in [-0.4, -0.2) is 54.2 Å². The van der Waals surface area contributed by atoms with E-state index in [1.165, 1.54) is 0 Å². The number of carboxylic acids is 1. The lowest BCUT2D eigenvalue weighted by atomic mass is 10.1. The summed E-state index contributed by atoms with van der Waals surface area (Å²) in [6.07, 6.45) is 2.32. The number of hydrogen-bond donors (Lipinski definition) is 1. The van der Waals surface area contributed by atoms with Crippen LogP contribution in [0.25, 0.3) is 0 Å². The summed E-state index contributed by atoms with van der Waals surface area (Å²) in [5.41, 5.74) is 0. The molecular formula is C13H21NO6S. The van der Waals surface area contributed by atoms with Crippen molar-refractivity contribution in [1.82, 2.24) is 4.31 Å². The molecule has 8 heteroatoms. The predicted octanol–water partition coefficient (Wildman–Crippen LogP) is 0.597. The lowest BCUT2D eigenvalue weighted by molar-refractivity contribution is -0.146. The van der Waals surface area contributed by atoms with Crippen molar-refractivity contribution in [3.05, 3.63) is 0 Å². The third-order valence-corrected chi connectivity index (χ3v) is 6.66. The molecule has 0 bridgehead atoms. The molecule has 1 saturated heterocycles. The molecule has 3 atom stereocenters. The van der Waals surface area contributed by atoms with Gasteiger partial charge in [0.15, 0.2) is 0 Å². The molecule has 1 aliphatic heterocycles. The second-order valence-corrected chi connectivity index (χ2v) is 7.58. The van der Waals surface area contributed by atoms with Crippen LogP contribution in [0.15, 0.2) is 0 Å². The maximum absolute atomic E-state index is 12.7. The van der Waals surface area contributed by atoms with E-state index in [1.807, 2.05) is 0 Å². The van der Waals surface area contributed by atoms with Crippen molar-refractivity contribution in [3.8, 4) is 0 Å². The fourth-order valence-electron chi connectivity index (χ4n) is 3.26. The monoisotopic (exact) mass is 319 g/mol. The van der Waals surface area contributed by atoms with Gasteiger partial charge in [-0.3, -0.25) is 9.59 Å². The molecule has 120 valence electrons. The Kier molecular flexibility index (Phi) is 4.88. The number of esters is 1. The molecule has 0 aromatic rings. The Hall–Kier alpha value is -1.15. The summed E-state index contributed by atoms with van der Waals surface area (Å²) in [7, 11) is -3.79. The molecule has 3 unspecified atom stereocenters. The number of hydrogen-bond acceptors (Lipinski definition) is 5. The maximum atomic E-state index is 12.7. The minimum Gasteiger partial charge on any atom is -0.481 e. The number of carbonyl (C=O) groups is 2. The first-order valence-corrected chi connectivity index (χ1v) is 8.80. The van der Waals surface area contributed by atoms with Gasteiger partial charge in [0.25, 0.3) is 0 Å². The highest BCUT2D eigenvalue weighted by Gasteiger charge is 2.48. The number of aliphatic carboxylic acids is 1. The molecule has 1 N–H and O–H groups in total. The van der Waals surface area contributed by atoms with Gasteiger partial charge in [-0.1, -0.05) is 6.42 Å². The second-order valence-electron chi connectivity index (χ2n) is 5.48. The number of sulfonamides is 1. The van der Waals surface area contributed by atoms with Crippen LogP contribution >= 0.6 is 0 Å². The molecule has 7 nitrogen and oxygen atoms in total. The lowest BCUT2D eigenvalue weighted by Gasteiger charge is -2.27. The van der Waals surface area contributed by atoms with E-state index < -0.39 is 39.2 Å².